The number of benzene rings is 2. The number of halogens is 1. The molecule has 160 valence electrons. The summed E-state index contributed by atoms with van der Waals surface area (Å²) < 4.78 is 47.6. The molecule has 0 aromatic heterocycles. The van der Waals surface area contributed by atoms with E-state index in [1.807, 2.05) is 0 Å². The van der Waals surface area contributed by atoms with Gasteiger partial charge in [0.1, 0.15) is 24.1 Å². The lowest BCUT2D eigenvalue weighted by molar-refractivity contribution is -0.286. The summed E-state index contributed by atoms with van der Waals surface area (Å²) >= 11 is 0. The molecular formula is C21H21FO8. The highest BCUT2D eigenvalue weighted by Gasteiger charge is 2.48. The summed E-state index contributed by atoms with van der Waals surface area (Å²) in [5, 5.41) is 38.6. The van der Waals surface area contributed by atoms with Crippen LogP contribution >= 0.6 is 0 Å². The largest absolute Gasteiger partial charge is 0.479 e. The van der Waals surface area contributed by atoms with E-state index in [1.165, 1.54) is 12.1 Å². The monoisotopic (exact) mass is 423 g/mol. The normalized spacial score (nSPS) is 29.2. The maximum absolute atomic E-state index is 14.8. The molecule has 0 saturated carbocycles. The van der Waals surface area contributed by atoms with Gasteiger partial charge in [-0.1, -0.05) is 42.5 Å². The second-order valence-corrected chi connectivity index (χ2v) is 6.71. The van der Waals surface area contributed by atoms with E-state index in [1.54, 1.807) is 30.3 Å². The third kappa shape index (κ3) is 4.34. The molecule has 30 heavy (non-hydrogen) atoms. The molecule has 8 nitrogen and oxygen atoms in total. The number of aliphatic hydroxyl groups is 3. The summed E-state index contributed by atoms with van der Waals surface area (Å²) in [5.41, 5.74) is 0.447. The Morgan fingerprint density at radius 2 is 1.80 bits per heavy atom. The third-order valence-corrected chi connectivity index (χ3v) is 4.69. The Balaban J connectivity index is 1.88. The SMILES string of the molecule is [2H]C([2H])([2H])C(C(=O)OC1OC(C(=O)O)C(O)C(O)C1O)c1ccc(-c2ccccc2)c(F)c1. The van der Waals surface area contributed by atoms with E-state index < -0.39 is 61.2 Å². The molecule has 3 rings (SSSR count). The van der Waals surface area contributed by atoms with Crippen molar-refractivity contribution in [1.29, 1.82) is 0 Å². The predicted octanol–water partition coefficient (Wildman–Crippen LogP) is 1.03. The minimum atomic E-state index is -3.01. The second kappa shape index (κ2) is 8.88. The standard InChI is InChI=1S/C21H21FO8/c1-10(12-7-8-13(14(22)9-12)11-5-3-2-4-6-11)20(28)30-21-17(25)15(23)16(24)18(29-21)19(26)27/h2-10,15-18,21,23-25H,1H3,(H,26,27)/i1D3. The number of hydrogen-bond acceptors (Lipinski definition) is 7. The molecule has 1 saturated heterocycles. The number of carbonyl (C=O) groups is 2. The van der Waals surface area contributed by atoms with Gasteiger partial charge in [-0.05, 0) is 24.0 Å². The number of carbonyl (C=O) groups excluding carboxylic acids is 1. The van der Waals surface area contributed by atoms with Crippen LogP contribution in [0.5, 0.6) is 0 Å². The van der Waals surface area contributed by atoms with Crippen LogP contribution in [0.25, 0.3) is 11.1 Å². The quantitative estimate of drug-likeness (QED) is 0.524. The van der Waals surface area contributed by atoms with E-state index >= 15 is 0 Å². The number of hydrogen-bond donors (Lipinski definition) is 4. The molecule has 6 atom stereocenters. The van der Waals surface area contributed by atoms with Gasteiger partial charge in [0.05, 0.1) is 5.92 Å². The zero-order valence-electron chi connectivity index (χ0n) is 18.4. The number of aliphatic hydroxyl groups excluding tert-OH is 3. The first-order valence-electron chi connectivity index (χ1n) is 10.4. The van der Waals surface area contributed by atoms with Crippen LogP contribution in [0.1, 0.15) is 22.4 Å². The van der Waals surface area contributed by atoms with Crippen molar-refractivity contribution >= 4 is 11.9 Å². The van der Waals surface area contributed by atoms with Gasteiger partial charge in [-0.3, -0.25) is 4.79 Å². The summed E-state index contributed by atoms with van der Waals surface area (Å²) in [6.45, 7) is -3.01. The number of carboxylic acid groups (broad SMARTS) is 1. The average molecular weight is 423 g/mol. The maximum Gasteiger partial charge on any atom is 0.335 e. The van der Waals surface area contributed by atoms with Crippen LogP contribution in [-0.4, -0.2) is 63.1 Å². The summed E-state index contributed by atoms with van der Waals surface area (Å²) in [6, 6.07) is 11.8. The van der Waals surface area contributed by atoms with E-state index in [-0.39, 0.29) is 11.1 Å². The topological polar surface area (TPSA) is 134 Å². The third-order valence-electron chi connectivity index (χ3n) is 4.69. The molecule has 0 aliphatic carbocycles. The van der Waals surface area contributed by atoms with E-state index in [4.69, 9.17) is 18.7 Å². The van der Waals surface area contributed by atoms with Crippen molar-refractivity contribution in [3.8, 4) is 11.1 Å². The minimum absolute atomic E-state index is 0.171. The van der Waals surface area contributed by atoms with Crippen molar-refractivity contribution in [1.82, 2.24) is 0 Å². The Kier molecular flexibility index (Phi) is 5.32. The molecule has 1 aliphatic heterocycles. The number of aliphatic carboxylic acids is 1. The first kappa shape index (κ1) is 18.0. The fraction of sp³-hybridized carbons (Fsp3) is 0.333. The number of esters is 1. The van der Waals surface area contributed by atoms with Crippen molar-refractivity contribution < 1.29 is 48.0 Å². The van der Waals surface area contributed by atoms with E-state index in [9.17, 15) is 29.3 Å². The Morgan fingerprint density at radius 1 is 1.10 bits per heavy atom. The molecule has 6 unspecified atom stereocenters. The van der Waals surface area contributed by atoms with Gasteiger partial charge in [0.2, 0.25) is 6.29 Å². The molecular weight excluding hydrogens is 399 g/mol. The lowest BCUT2D eigenvalue weighted by Gasteiger charge is -2.38. The van der Waals surface area contributed by atoms with Gasteiger partial charge in [-0.25, -0.2) is 9.18 Å². The van der Waals surface area contributed by atoms with E-state index in [2.05, 4.69) is 0 Å². The van der Waals surface area contributed by atoms with Crippen molar-refractivity contribution in [2.24, 2.45) is 0 Å². The molecule has 0 amide bonds. The van der Waals surface area contributed by atoms with Gasteiger partial charge in [-0.15, -0.1) is 0 Å². The maximum atomic E-state index is 14.8. The Labute approximate surface area is 175 Å². The highest BCUT2D eigenvalue weighted by atomic mass is 19.1. The van der Waals surface area contributed by atoms with Crippen LogP contribution in [0.3, 0.4) is 0 Å². The van der Waals surface area contributed by atoms with Gasteiger partial charge in [0.15, 0.2) is 6.10 Å². The highest BCUT2D eigenvalue weighted by Crippen LogP contribution is 2.28. The predicted molar refractivity (Wildman–Crippen MR) is 101 cm³/mol. The summed E-state index contributed by atoms with van der Waals surface area (Å²) in [4.78, 5) is 23.9. The van der Waals surface area contributed by atoms with Gasteiger partial charge >= 0.3 is 11.9 Å². The van der Waals surface area contributed by atoms with Crippen molar-refractivity contribution in [2.75, 3.05) is 0 Å². The molecule has 4 N–H and O–H groups in total. The van der Waals surface area contributed by atoms with Crippen LogP contribution < -0.4 is 0 Å². The fourth-order valence-electron chi connectivity index (χ4n) is 3.03. The van der Waals surface area contributed by atoms with Crippen LogP contribution in [0, 0.1) is 5.82 Å². The Morgan fingerprint density at radius 3 is 2.40 bits per heavy atom. The van der Waals surface area contributed by atoms with Crippen molar-refractivity contribution in [2.45, 2.75) is 43.5 Å². The summed E-state index contributed by atoms with van der Waals surface area (Å²) in [7, 11) is 0. The van der Waals surface area contributed by atoms with Crippen LogP contribution in [0.15, 0.2) is 48.5 Å². The Hall–Kier alpha value is -2.85. The number of ether oxygens (including phenoxy) is 2. The van der Waals surface area contributed by atoms with Crippen molar-refractivity contribution in [3.63, 3.8) is 0 Å². The van der Waals surface area contributed by atoms with Gasteiger partial charge in [0, 0.05) is 9.68 Å². The summed E-state index contributed by atoms with van der Waals surface area (Å²) in [6.07, 6.45) is -10.3. The zero-order valence-corrected chi connectivity index (χ0v) is 15.4. The average Bonchev–Trinajstić information content (AvgIpc) is 2.73. The van der Waals surface area contributed by atoms with Crippen LogP contribution in [-0.2, 0) is 19.1 Å². The first-order valence-corrected chi connectivity index (χ1v) is 8.89. The molecule has 1 heterocycles. The smallest absolute Gasteiger partial charge is 0.335 e. The lowest BCUT2D eigenvalue weighted by atomic mass is 9.96. The van der Waals surface area contributed by atoms with E-state index in [0.717, 1.165) is 6.07 Å². The van der Waals surface area contributed by atoms with Gasteiger partial charge < -0.3 is 29.9 Å². The van der Waals surface area contributed by atoms with Gasteiger partial charge in [0.25, 0.3) is 0 Å². The van der Waals surface area contributed by atoms with Crippen LogP contribution in [0.4, 0.5) is 4.39 Å². The molecule has 2 aromatic carbocycles. The molecule has 0 radical (unpaired) electrons. The minimum Gasteiger partial charge on any atom is -0.479 e. The second-order valence-electron chi connectivity index (χ2n) is 6.71. The lowest BCUT2D eigenvalue weighted by Crippen LogP contribution is -2.60. The molecule has 2 aromatic rings. The molecule has 0 bridgehead atoms. The number of rotatable bonds is 5. The highest BCUT2D eigenvalue weighted by molar-refractivity contribution is 5.78. The first-order chi connectivity index (χ1) is 15.4. The fourth-order valence-corrected chi connectivity index (χ4v) is 3.03. The molecule has 1 fully saturated rings. The van der Waals surface area contributed by atoms with Crippen molar-refractivity contribution in [3.05, 3.63) is 59.9 Å². The number of carboxylic acids is 1. The molecule has 0 spiro atoms. The Bertz CT molecular complexity index is 1020. The molecule has 1 aliphatic rings. The summed E-state index contributed by atoms with van der Waals surface area (Å²) in [5.74, 6) is -5.99. The van der Waals surface area contributed by atoms with Gasteiger partial charge in [-0.2, -0.15) is 0 Å². The van der Waals surface area contributed by atoms with E-state index in [0.29, 0.717) is 5.56 Å². The zero-order chi connectivity index (χ0) is 24.5. The van der Waals surface area contributed by atoms with Crippen LogP contribution in [0.2, 0.25) is 0 Å². The molecule has 9 heteroatoms.